The van der Waals surface area contributed by atoms with E-state index in [4.69, 9.17) is 9.47 Å². The molecule has 1 saturated heterocycles. The molecular weight excluding hydrogens is 436 g/mol. The lowest BCUT2D eigenvalue weighted by Crippen LogP contribution is -2.28. The van der Waals surface area contributed by atoms with Crippen LogP contribution in [0.4, 0.5) is 0 Å². The summed E-state index contributed by atoms with van der Waals surface area (Å²) < 4.78 is 10.8. The van der Waals surface area contributed by atoms with Gasteiger partial charge in [0.1, 0.15) is 23.5 Å². The second kappa shape index (κ2) is 10.9. The van der Waals surface area contributed by atoms with E-state index in [0.717, 1.165) is 22.6 Å². The first kappa shape index (κ1) is 22.7. The highest BCUT2D eigenvalue weighted by molar-refractivity contribution is 8.00. The summed E-state index contributed by atoms with van der Waals surface area (Å²) in [6.07, 6.45) is 0. The van der Waals surface area contributed by atoms with Gasteiger partial charge in [0.05, 0.1) is 19.4 Å². The maximum atomic E-state index is 12.5. The maximum Gasteiger partial charge on any atom is 0.251 e. The van der Waals surface area contributed by atoms with Crippen LogP contribution in [0.2, 0.25) is 0 Å². The van der Waals surface area contributed by atoms with Crippen LogP contribution in [0.3, 0.4) is 0 Å². The Bertz CT molecular complexity index is 1070. The summed E-state index contributed by atoms with van der Waals surface area (Å²) in [7, 11) is 1.62. The number of carbonyl (C=O) groups excluding carboxylic acids is 2. The van der Waals surface area contributed by atoms with Gasteiger partial charge in [-0.2, -0.15) is 0 Å². The van der Waals surface area contributed by atoms with E-state index in [-0.39, 0.29) is 17.2 Å². The van der Waals surface area contributed by atoms with Gasteiger partial charge in [-0.1, -0.05) is 42.5 Å². The molecule has 0 spiro atoms. The van der Waals surface area contributed by atoms with Crippen molar-refractivity contribution in [1.82, 2.24) is 10.2 Å². The first-order valence-electron chi connectivity index (χ1n) is 10.7. The highest BCUT2D eigenvalue weighted by atomic mass is 32.2. The molecule has 1 heterocycles. The molecule has 1 unspecified atom stereocenters. The molecule has 0 radical (unpaired) electrons. The molecule has 33 heavy (non-hydrogen) atoms. The lowest BCUT2D eigenvalue weighted by molar-refractivity contribution is -0.128. The van der Waals surface area contributed by atoms with Crippen LogP contribution in [-0.2, 0) is 11.3 Å². The number of hydrogen-bond acceptors (Lipinski definition) is 5. The second-order valence-corrected chi connectivity index (χ2v) is 8.64. The van der Waals surface area contributed by atoms with Crippen LogP contribution in [-0.4, -0.2) is 42.7 Å². The number of hydrogen-bond donors (Lipinski definition) is 1. The van der Waals surface area contributed by atoms with Crippen molar-refractivity contribution in [3.63, 3.8) is 0 Å². The molecule has 4 rings (SSSR count). The van der Waals surface area contributed by atoms with Gasteiger partial charge in [-0.3, -0.25) is 9.59 Å². The molecule has 1 fully saturated rings. The number of amides is 2. The summed E-state index contributed by atoms with van der Waals surface area (Å²) in [6, 6.07) is 24.7. The van der Waals surface area contributed by atoms with Gasteiger partial charge in [-0.05, 0) is 47.5 Å². The maximum absolute atomic E-state index is 12.5. The van der Waals surface area contributed by atoms with Crippen LogP contribution in [0.25, 0.3) is 0 Å². The Kier molecular flexibility index (Phi) is 7.52. The highest BCUT2D eigenvalue weighted by Gasteiger charge is 2.32. The standard InChI is InChI=1S/C26H26N2O4S/c1-31-22-11-13-23(14-12-22)32-16-15-27-25(30)20-7-9-21(10-8-20)26-28(24(29)18-33-26)17-19-5-3-2-4-6-19/h2-14,26H,15-18H2,1H3,(H,27,30). The minimum Gasteiger partial charge on any atom is -0.497 e. The lowest BCUT2D eigenvalue weighted by Gasteiger charge is -2.24. The van der Waals surface area contributed by atoms with Crippen molar-refractivity contribution in [3.05, 3.63) is 95.6 Å². The summed E-state index contributed by atoms with van der Waals surface area (Å²) in [4.78, 5) is 26.8. The zero-order valence-electron chi connectivity index (χ0n) is 18.4. The highest BCUT2D eigenvalue weighted by Crippen LogP contribution is 2.39. The number of ether oxygens (including phenoxy) is 2. The molecule has 170 valence electrons. The first-order valence-corrected chi connectivity index (χ1v) is 11.8. The quantitative estimate of drug-likeness (QED) is 0.481. The molecule has 1 aliphatic heterocycles. The zero-order valence-corrected chi connectivity index (χ0v) is 19.2. The van der Waals surface area contributed by atoms with Gasteiger partial charge in [-0.15, -0.1) is 11.8 Å². The summed E-state index contributed by atoms with van der Waals surface area (Å²) >= 11 is 1.61. The van der Waals surface area contributed by atoms with E-state index in [2.05, 4.69) is 5.32 Å². The van der Waals surface area contributed by atoms with E-state index in [1.165, 1.54) is 0 Å². The van der Waals surface area contributed by atoms with Gasteiger partial charge in [0.2, 0.25) is 5.91 Å². The van der Waals surface area contributed by atoms with E-state index in [1.807, 2.05) is 71.6 Å². The summed E-state index contributed by atoms with van der Waals surface area (Å²) in [5, 5.41) is 2.82. The molecular formula is C26H26N2O4S. The average molecular weight is 463 g/mol. The Hall–Kier alpha value is -3.45. The molecule has 0 saturated carbocycles. The Balaban J connectivity index is 1.29. The van der Waals surface area contributed by atoms with Crippen molar-refractivity contribution in [1.29, 1.82) is 0 Å². The molecule has 1 aliphatic rings. The fourth-order valence-corrected chi connectivity index (χ4v) is 4.78. The minimum absolute atomic E-state index is 0.0484. The number of thioether (sulfide) groups is 1. The fourth-order valence-electron chi connectivity index (χ4n) is 3.59. The smallest absolute Gasteiger partial charge is 0.251 e. The summed E-state index contributed by atoms with van der Waals surface area (Å²) in [6.45, 7) is 1.34. The third-order valence-electron chi connectivity index (χ3n) is 5.34. The second-order valence-electron chi connectivity index (χ2n) is 7.57. The third kappa shape index (κ3) is 5.87. The number of carbonyl (C=O) groups is 2. The Morgan fingerprint density at radius 2 is 1.70 bits per heavy atom. The van der Waals surface area contributed by atoms with Crippen LogP contribution >= 0.6 is 11.8 Å². The average Bonchev–Trinajstić information content (AvgIpc) is 3.22. The van der Waals surface area contributed by atoms with Crippen LogP contribution in [0, 0.1) is 0 Å². The van der Waals surface area contributed by atoms with Gasteiger partial charge < -0.3 is 19.7 Å². The Labute approximate surface area is 197 Å². The summed E-state index contributed by atoms with van der Waals surface area (Å²) in [5.41, 5.74) is 2.69. The Morgan fingerprint density at radius 1 is 1.00 bits per heavy atom. The number of methoxy groups -OCH3 is 1. The number of nitrogens with one attached hydrogen (secondary N) is 1. The number of benzene rings is 3. The van der Waals surface area contributed by atoms with Crippen LogP contribution in [0.15, 0.2) is 78.9 Å². The van der Waals surface area contributed by atoms with E-state index in [9.17, 15) is 9.59 Å². The molecule has 0 aromatic heterocycles. The molecule has 3 aromatic rings. The monoisotopic (exact) mass is 462 g/mol. The first-order chi connectivity index (χ1) is 16.1. The van der Waals surface area contributed by atoms with Gasteiger partial charge in [0, 0.05) is 12.1 Å². The molecule has 1 atom stereocenters. The number of nitrogens with zero attached hydrogens (tertiary/aromatic N) is 1. The molecule has 3 aromatic carbocycles. The minimum atomic E-state index is -0.156. The van der Waals surface area contributed by atoms with Gasteiger partial charge in [0.15, 0.2) is 0 Å². The summed E-state index contributed by atoms with van der Waals surface area (Å²) in [5.74, 6) is 1.93. The van der Waals surface area contributed by atoms with E-state index in [1.54, 1.807) is 31.0 Å². The van der Waals surface area contributed by atoms with Gasteiger partial charge in [0.25, 0.3) is 5.91 Å². The van der Waals surface area contributed by atoms with Crippen molar-refractivity contribution in [2.24, 2.45) is 0 Å². The third-order valence-corrected chi connectivity index (χ3v) is 6.59. The lowest BCUT2D eigenvalue weighted by atomic mass is 10.1. The predicted octanol–water partition coefficient (Wildman–Crippen LogP) is 4.28. The zero-order chi connectivity index (χ0) is 23.0. The van der Waals surface area contributed by atoms with Crippen molar-refractivity contribution >= 4 is 23.6 Å². The van der Waals surface area contributed by atoms with E-state index in [0.29, 0.717) is 31.0 Å². The number of rotatable bonds is 9. The molecule has 2 amide bonds. The molecule has 1 N–H and O–H groups in total. The molecule has 6 nitrogen and oxygen atoms in total. The van der Waals surface area contributed by atoms with Crippen molar-refractivity contribution in [3.8, 4) is 11.5 Å². The molecule has 7 heteroatoms. The van der Waals surface area contributed by atoms with Crippen LogP contribution < -0.4 is 14.8 Å². The largest absolute Gasteiger partial charge is 0.497 e. The van der Waals surface area contributed by atoms with E-state index >= 15 is 0 Å². The SMILES string of the molecule is COc1ccc(OCCNC(=O)c2ccc(C3SCC(=O)N3Cc3ccccc3)cc2)cc1. The fraction of sp³-hybridized carbons (Fsp3) is 0.231. The van der Waals surface area contributed by atoms with Crippen molar-refractivity contribution < 1.29 is 19.1 Å². The van der Waals surface area contributed by atoms with E-state index < -0.39 is 0 Å². The van der Waals surface area contributed by atoms with Crippen LogP contribution in [0.1, 0.15) is 26.9 Å². The molecule has 0 bridgehead atoms. The molecule has 0 aliphatic carbocycles. The van der Waals surface area contributed by atoms with Crippen molar-refractivity contribution in [2.45, 2.75) is 11.9 Å². The normalized spacial score (nSPS) is 15.4. The Morgan fingerprint density at radius 3 is 2.39 bits per heavy atom. The van der Waals surface area contributed by atoms with Gasteiger partial charge >= 0.3 is 0 Å². The topological polar surface area (TPSA) is 67.9 Å². The van der Waals surface area contributed by atoms with Crippen molar-refractivity contribution in [2.75, 3.05) is 26.0 Å². The van der Waals surface area contributed by atoms with Gasteiger partial charge in [-0.25, -0.2) is 0 Å². The predicted molar refractivity (Wildman–Crippen MR) is 129 cm³/mol. The van der Waals surface area contributed by atoms with Crippen LogP contribution in [0.5, 0.6) is 11.5 Å².